The fourth-order valence-electron chi connectivity index (χ4n) is 3.37. The zero-order chi connectivity index (χ0) is 21.4. The lowest BCUT2D eigenvalue weighted by atomic mass is 10.1. The Kier molecular flexibility index (Phi) is 5.86. The molecule has 5 nitrogen and oxygen atoms in total. The molecule has 9 heteroatoms. The van der Waals surface area contributed by atoms with E-state index in [4.69, 9.17) is 27.9 Å². The molecule has 154 valence electrons. The molecule has 4 rings (SSSR count). The highest BCUT2D eigenvalue weighted by molar-refractivity contribution is 7.98. The van der Waals surface area contributed by atoms with Crippen LogP contribution in [0.4, 0.5) is 4.39 Å². The van der Waals surface area contributed by atoms with Crippen molar-refractivity contribution >= 4 is 40.9 Å². The molecular formula is C21H16Cl2FN3O2S. The first-order valence-corrected chi connectivity index (χ1v) is 10.9. The maximum absolute atomic E-state index is 13.6. The molecule has 2 aromatic carbocycles. The normalized spacial score (nSPS) is 13.0. The number of halogens is 3. The van der Waals surface area contributed by atoms with Crippen molar-refractivity contribution in [2.45, 2.75) is 18.2 Å². The Balaban J connectivity index is 1.79. The van der Waals surface area contributed by atoms with Crippen LogP contribution in [0, 0.1) is 5.82 Å². The summed E-state index contributed by atoms with van der Waals surface area (Å²) in [4.78, 5) is 23.7. The van der Waals surface area contributed by atoms with Crippen molar-refractivity contribution < 1.29 is 13.9 Å². The molecule has 0 spiro atoms. The van der Waals surface area contributed by atoms with E-state index in [1.807, 2.05) is 6.26 Å². The molecule has 0 saturated heterocycles. The van der Waals surface area contributed by atoms with E-state index in [9.17, 15) is 9.18 Å². The number of amides is 1. The molecule has 1 amide bonds. The summed E-state index contributed by atoms with van der Waals surface area (Å²) in [5, 5.41) is 1.23. The Morgan fingerprint density at radius 3 is 2.63 bits per heavy atom. The van der Waals surface area contributed by atoms with Crippen LogP contribution < -0.4 is 4.74 Å². The molecule has 1 aromatic heterocycles. The van der Waals surface area contributed by atoms with Gasteiger partial charge >= 0.3 is 0 Å². The van der Waals surface area contributed by atoms with E-state index in [-0.39, 0.29) is 24.8 Å². The lowest BCUT2D eigenvalue weighted by Gasteiger charge is -2.15. The van der Waals surface area contributed by atoms with Crippen LogP contribution in [0.15, 0.2) is 41.6 Å². The van der Waals surface area contributed by atoms with Crippen LogP contribution in [0.2, 0.25) is 10.0 Å². The van der Waals surface area contributed by atoms with E-state index in [1.165, 1.54) is 31.0 Å². The number of thioether (sulfide) groups is 1. The molecule has 30 heavy (non-hydrogen) atoms. The van der Waals surface area contributed by atoms with Crippen LogP contribution in [-0.4, -0.2) is 34.1 Å². The third-order valence-electron chi connectivity index (χ3n) is 4.77. The van der Waals surface area contributed by atoms with Crippen molar-refractivity contribution in [3.8, 4) is 17.0 Å². The van der Waals surface area contributed by atoms with E-state index < -0.39 is 0 Å². The summed E-state index contributed by atoms with van der Waals surface area (Å²) in [5.41, 5.74) is 2.85. The number of nitrogens with zero attached hydrogens (tertiary/aromatic N) is 3. The molecule has 0 fully saturated rings. The molecule has 0 radical (unpaired) electrons. The highest BCUT2D eigenvalue weighted by Gasteiger charge is 2.33. The fourth-order valence-corrected chi connectivity index (χ4v) is 4.28. The van der Waals surface area contributed by atoms with Gasteiger partial charge in [-0.2, -0.15) is 0 Å². The van der Waals surface area contributed by atoms with Gasteiger partial charge in [-0.3, -0.25) is 4.79 Å². The average Bonchev–Trinajstić information content (AvgIpc) is 3.03. The summed E-state index contributed by atoms with van der Waals surface area (Å²) in [6.45, 7) is 0.550. The lowest BCUT2D eigenvalue weighted by Crippen LogP contribution is -2.23. The van der Waals surface area contributed by atoms with Crippen LogP contribution >= 0.6 is 35.0 Å². The van der Waals surface area contributed by atoms with Crippen LogP contribution in [0.25, 0.3) is 11.3 Å². The van der Waals surface area contributed by atoms with Crippen molar-refractivity contribution in [1.82, 2.24) is 14.9 Å². The molecule has 3 aromatic rings. The highest BCUT2D eigenvalue weighted by atomic mass is 35.5. The maximum Gasteiger partial charge on any atom is 0.273 e. The van der Waals surface area contributed by atoms with Crippen LogP contribution in [-0.2, 0) is 13.1 Å². The highest BCUT2D eigenvalue weighted by Crippen LogP contribution is 2.40. The van der Waals surface area contributed by atoms with Gasteiger partial charge < -0.3 is 9.64 Å². The third-order valence-corrected chi connectivity index (χ3v) is 5.92. The lowest BCUT2D eigenvalue weighted by molar-refractivity contribution is 0.0762. The van der Waals surface area contributed by atoms with Gasteiger partial charge in [0, 0.05) is 17.7 Å². The summed E-state index contributed by atoms with van der Waals surface area (Å²) < 4.78 is 18.9. The summed E-state index contributed by atoms with van der Waals surface area (Å²) in [7, 11) is 1.51. The Hall–Kier alpha value is -2.35. The third kappa shape index (κ3) is 3.85. The number of benzene rings is 2. The minimum absolute atomic E-state index is 0.231. The van der Waals surface area contributed by atoms with E-state index in [2.05, 4.69) is 9.97 Å². The summed E-state index contributed by atoms with van der Waals surface area (Å²) in [6, 6.07) is 9.48. The number of fused-ring (bicyclic) bond motifs is 1. The monoisotopic (exact) mass is 463 g/mol. The van der Waals surface area contributed by atoms with Gasteiger partial charge in [-0.1, -0.05) is 47.1 Å². The number of carbonyl (C=O) groups excluding carboxylic acids is 1. The average molecular weight is 464 g/mol. The fraction of sp³-hybridized carbons (Fsp3) is 0.190. The predicted octanol–water partition coefficient (Wildman–Crippen LogP) is 5.48. The van der Waals surface area contributed by atoms with Gasteiger partial charge in [-0.15, -0.1) is 0 Å². The molecule has 2 heterocycles. The van der Waals surface area contributed by atoms with Crippen molar-refractivity contribution in [2.75, 3.05) is 13.4 Å². The van der Waals surface area contributed by atoms with Gasteiger partial charge in [0.25, 0.3) is 5.91 Å². The van der Waals surface area contributed by atoms with Gasteiger partial charge in [0.2, 0.25) is 0 Å². The van der Waals surface area contributed by atoms with E-state index in [1.54, 1.807) is 29.2 Å². The Morgan fingerprint density at radius 2 is 1.93 bits per heavy atom. The SMILES string of the molecule is COc1cc(-c2nc(SC)nc3c2CN(Cc2cccc(F)c2)C3=O)c(Cl)cc1Cl. The molecule has 0 aliphatic carbocycles. The van der Waals surface area contributed by atoms with Gasteiger partial charge in [0.1, 0.15) is 17.3 Å². The molecule has 1 aliphatic heterocycles. The smallest absolute Gasteiger partial charge is 0.273 e. The maximum atomic E-state index is 13.6. The molecule has 1 aliphatic rings. The van der Waals surface area contributed by atoms with Crippen molar-refractivity contribution in [3.05, 3.63) is 69.1 Å². The van der Waals surface area contributed by atoms with Crippen molar-refractivity contribution in [2.24, 2.45) is 0 Å². The molecular weight excluding hydrogens is 448 g/mol. The molecule has 0 N–H and O–H groups in total. The number of rotatable bonds is 5. The van der Waals surface area contributed by atoms with E-state index >= 15 is 0 Å². The summed E-state index contributed by atoms with van der Waals surface area (Å²) >= 11 is 14.0. The van der Waals surface area contributed by atoms with E-state index in [0.29, 0.717) is 49.0 Å². The standard InChI is InChI=1S/C21H16Cl2FN3O2S/c1-29-17-7-13(15(22)8-16(17)23)18-14-10-27(9-11-4-3-5-12(24)6-11)20(28)19(14)26-21(25-18)30-2/h3-8H,9-10H2,1-2H3. The first-order valence-electron chi connectivity index (χ1n) is 8.93. The van der Waals surface area contributed by atoms with Crippen molar-refractivity contribution in [1.29, 1.82) is 0 Å². The van der Waals surface area contributed by atoms with Crippen LogP contribution in [0.3, 0.4) is 0 Å². The van der Waals surface area contributed by atoms with E-state index in [0.717, 1.165) is 0 Å². The second-order valence-electron chi connectivity index (χ2n) is 6.64. The number of methoxy groups -OCH3 is 1. The predicted molar refractivity (Wildman–Crippen MR) is 116 cm³/mol. The largest absolute Gasteiger partial charge is 0.495 e. The number of hydrogen-bond donors (Lipinski definition) is 0. The topological polar surface area (TPSA) is 55.3 Å². The minimum Gasteiger partial charge on any atom is -0.495 e. The summed E-state index contributed by atoms with van der Waals surface area (Å²) in [5.74, 6) is -0.123. The zero-order valence-electron chi connectivity index (χ0n) is 16.1. The Bertz CT molecular complexity index is 1160. The zero-order valence-corrected chi connectivity index (χ0v) is 18.4. The van der Waals surface area contributed by atoms with Crippen LogP contribution in [0.5, 0.6) is 5.75 Å². The van der Waals surface area contributed by atoms with Gasteiger partial charge in [-0.05, 0) is 36.1 Å². The number of carbonyl (C=O) groups is 1. The molecule has 0 atom stereocenters. The Morgan fingerprint density at radius 1 is 1.17 bits per heavy atom. The first-order chi connectivity index (χ1) is 14.4. The quantitative estimate of drug-likeness (QED) is 0.370. The van der Waals surface area contributed by atoms with Gasteiger partial charge in [0.05, 0.1) is 29.4 Å². The number of aromatic nitrogens is 2. The number of hydrogen-bond acceptors (Lipinski definition) is 5. The Labute approximate surface area is 187 Å². The first kappa shape index (κ1) is 20.9. The number of ether oxygens (including phenoxy) is 1. The minimum atomic E-state index is -0.346. The molecule has 0 unspecified atom stereocenters. The van der Waals surface area contributed by atoms with Crippen molar-refractivity contribution in [3.63, 3.8) is 0 Å². The van der Waals surface area contributed by atoms with Gasteiger partial charge in [0.15, 0.2) is 5.16 Å². The molecule has 0 bridgehead atoms. The summed E-state index contributed by atoms with van der Waals surface area (Å²) in [6.07, 6.45) is 1.83. The second-order valence-corrected chi connectivity index (χ2v) is 8.23. The van der Waals surface area contributed by atoms with Crippen LogP contribution in [0.1, 0.15) is 21.6 Å². The van der Waals surface area contributed by atoms with Gasteiger partial charge in [-0.25, -0.2) is 14.4 Å². The molecule has 0 saturated carbocycles. The second kappa shape index (κ2) is 8.41.